The first-order valence-corrected chi connectivity index (χ1v) is 12.5. The molecule has 1 heterocycles. The van der Waals surface area contributed by atoms with Crippen LogP contribution in [-0.2, 0) is 14.3 Å². The number of nitrogens with zero attached hydrogens (tertiary/aromatic N) is 3. The van der Waals surface area contributed by atoms with Crippen LogP contribution in [0.3, 0.4) is 0 Å². The number of fused-ring (bicyclic) bond motifs is 1. The molecule has 0 saturated heterocycles. The maximum Gasteiger partial charge on any atom is 0.320 e. The minimum Gasteiger partial charge on any atom is -0.494 e. The van der Waals surface area contributed by atoms with Gasteiger partial charge in [0.05, 0.1) is 31.5 Å². The zero-order chi connectivity index (χ0) is 25.5. The molecule has 1 fully saturated rings. The van der Waals surface area contributed by atoms with E-state index >= 15 is 0 Å². The van der Waals surface area contributed by atoms with Gasteiger partial charge in [-0.2, -0.15) is 0 Å². The van der Waals surface area contributed by atoms with E-state index in [4.69, 9.17) is 9.47 Å². The number of anilines is 3. The van der Waals surface area contributed by atoms with E-state index in [1.54, 1.807) is 25.1 Å². The summed E-state index contributed by atoms with van der Waals surface area (Å²) in [6.07, 6.45) is 6.79. The fraction of sp³-hybridized carbons (Fsp3) is 0.308. The molecule has 0 atom stereocenters. The Hall–Kier alpha value is -3.50. The van der Waals surface area contributed by atoms with Gasteiger partial charge in [0.2, 0.25) is 5.91 Å². The van der Waals surface area contributed by atoms with Gasteiger partial charge < -0.3 is 20.1 Å². The average molecular weight is 554 g/mol. The Morgan fingerprint density at radius 2 is 2.06 bits per heavy atom. The molecule has 1 aromatic heterocycles. The smallest absolute Gasteiger partial charge is 0.320 e. The van der Waals surface area contributed by atoms with Crippen molar-refractivity contribution in [1.29, 1.82) is 0 Å². The number of hydrogen-bond donors (Lipinski definition) is 2. The van der Waals surface area contributed by atoms with E-state index in [0.717, 1.165) is 28.4 Å². The summed E-state index contributed by atoms with van der Waals surface area (Å²) >= 11 is 3.47. The molecule has 1 amide bonds. The Kier molecular flexibility index (Phi) is 8.50. The van der Waals surface area contributed by atoms with Gasteiger partial charge in [-0.15, -0.1) is 0 Å². The van der Waals surface area contributed by atoms with Crippen molar-refractivity contribution in [3.8, 4) is 5.75 Å². The molecule has 2 N–H and O–H groups in total. The summed E-state index contributed by atoms with van der Waals surface area (Å²) in [5, 5.41) is 6.91. The molecular formula is C26H28BrN5O4. The van der Waals surface area contributed by atoms with Gasteiger partial charge in [0.1, 0.15) is 17.9 Å². The van der Waals surface area contributed by atoms with Crippen LogP contribution in [0.2, 0.25) is 0 Å². The van der Waals surface area contributed by atoms with E-state index in [-0.39, 0.29) is 18.4 Å². The first kappa shape index (κ1) is 25.6. The monoisotopic (exact) mass is 553 g/mol. The van der Waals surface area contributed by atoms with Gasteiger partial charge in [-0.05, 0) is 44.0 Å². The fourth-order valence-corrected chi connectivity index (χ4v) is 4.18. The van der Waals surface area contributed by atoms with Gasteiger partial charge in [-0.25, -0.2) is 9.97 Å². The van der Waals surface area contributed by atoms with Crippen LogP contribution in [0.5, 0.6) is 5.75 Å². The van der Waals surface area contributed by atoms with Crippen LogP contribution >= 0.6 is 15.9 Å². The summed E-state index contributed by atoms with van der Waals surface area (Å²) in [7, 11) is 1.54. The molecule has 188 valence electrons. The molecule has 36 heavy (non-hydrogen) atoms. The lowest BCUT2D eigenvalue weighted by Gasteiger charge is -2.18. The number of ether oxygens (including phenoxy) is 2. The van der Waals surface area contributed by atoms with Gasteiger partial charge in [0, 0.05) is 40.3 Å². The topological polar surface area (TPSA) is 106 Å². The fourth-order valence-electron chi connectivity index (χ4n) is 3.78. The van der Waals surface area contributed by atoms with Gasteiger partial charge in [0.15, 0.2) is 0 Å². The molecule has 0 unspecified atom stereocenters. The van der Waals surface area contributed by atoms with E-state index in [2.05, 4.69) is 36.5 Å². The molecule has 1 aliphatic carbocycles. The minimum absolute atomic E-state index is 0.219. The number of nitrogens with one attached hydrogen (secondary N) is 2. The highest BCUT2D eigenvalue weighted by Crippen LogP contribution is 2.33. The Balaban J connectivity index is 1.49. The Morgan fingerprint density at radius 3 is 2.78 bits per heavy atom. The maximum atomic E-state index is 12.7. The number of rotatable bonds is 11. The Labute approximate surface area is 218 Å². The number of carbonyl (C=O) groups is 2. The highest BCUT2D eigenvalue weighted by atomic mass is 79.9. The molecule has 0 spiro atoms. The Bertz CT molecular complexity index is 1280. The minimum atomic E-state index is -0.308. The van der Waals surface area contributed by atoms with Crippen molar-refractivity contribution in [2.75, 3.05) is 37.4 Å². The summed E-state index contributed by atoms with van der Waals surface area (Å²) in [5.41, 5.74) is 2.03. The molecule has 10 heteroatoms. The molecule has 1 aliphatic rings. The molecule has 0 aliphatic heterocycles. The third-order valence-corrected chi connectivity index (χ3v) is 6.10. The lowest BCUT2D eigenvalue weighted by Crippen LogP contribution is -2.33. The highest BCUT2D eigenvalue weighted by molar-refractivity contribution is 9.10. The number of halogens is 1. The van der Waals surface area contributed by atoms with Crippen molar-refractivity contribution in [3.63, 3.8) is 0 Å². The molecule has 0 bridgehead atoms. The summed E-state index contributed by atoms with van der Waals surface area (Å²) < 4.78 is 11.5. The standard InChI is InChI=1S/C26H28BrN5O4/c1-3-36-25(34)15-32(19-9-10-19)11-5-8-24(33)31-22-13-20-21(14-23(22)35-2)28-16-29-26(20)30-18-7-4-6-17(27)12-18/h4-8,12-14,16,19H,3,9-11,15H2,1-2H3,(H,31,33)(H,28,29,30). The highest BCUT2D eigenvalue weighted by Gasteiger charge is 2.29. The number of amides is 1. The molecule has 1 saturated carbocycles. The SMILES string of the molecule is CCOC(=O)CN(CC=CC(=O)Nc1cc2c(Nc3cccc(Br)c3)ncnc2cc1OC)C1CC1. The second-order valence-electron chi connectivity index (χ2n) is 8.28. The van der Waals surface area contributed by atoms with Crippen LogP contribution in [0.1, 0.15) is 19.8 Å². The van der Waals surface area contributed by atoms with Crippen molar-refractivity contribution in [1.82, 2.24) is 14.9 Å². The number of hydrogen-bond acceptors (Lipinski definition) is 8. The van der Waals surface area contributed by atoms with E-state index in [1.807, 2.05) is 29.2 Å². The summed E-state index contributed by atoms with van der Waals surface area (Å²) in [4.78, 5) is 35.3. The van der Waals surface area contributed by atoms with Gasteiger partial charge >= 0.3 is 5.97 Å². The van der Waals surface area contributed by atoms with E-state index in [1.165, 1.54) is 19.5 Å². The van der Waals surface area contributed by atoms with Crippen LogP contribution < -0.4 is 15.4 Å². The van der Waals surface area contributed by atoms with Crippen molar-refractivity contribution in [2.24, 2.45) is 0 Å². The van der Waals surface area contributed by atoms with Gasteiger partial charge in [-0.1, -0.05) is 28.1 Å². The van der Waals surface area contributed by atoms with Crippen LogP contribution in [0, 0.1) is 0 Å². The predicted molar refractivity (Wildman–Crippen MR) is 143 cm³/mol. The van der Waals surface area contributed by atoms with Crippen molar-refractivity contribution < 1.29 is 19.1 Å². The zero-order valence-corrected chi connectivity index (χ0v) is 21.7. The third kappa shape index (κ3) is 6.79. The van der Waals surface area contributed by atoms with E-state index < -0.39 is 0 Å². The van der Waals surface area contributed by atoms with E-state index in [0.29, 0.717) is 42.0 Å². The van der Waals surface area contributed by atoms with Crippen LogP contribution in [-0.4, -0.2) is 59.6 Å². The second kappa shape index (κ2) is 12.0. The molecule has 0 radical (unpaired) electrons. The first-order chi connectivity index (χ1) is 17.5. The van der Waals surface area contributed by atoms with Crippen molar-refractivity contribution >= 4 is 55.9 Å². The number of aromatic nitrogens is 2. The van der Waals surface area contributed by atoms with Crippen LogP contribution in [0.25, 0.3) is 10.9 Å². The quantitative estimate of drug-likeness (QED) is 0.260. The van der Waals surface area contributed by atoms with E-state index in [9.17, 15) is 9.59 Å². The largest absolute Gasteiger partial charge is 0.494 e. The van der Waals surface area contributed by atoms with Crippen LogP contribution in [0.4, 0.5) is 17.2 Å². The zero-order valence-electron chi connectivity index (χ0n) is 20.2. The van der Waals surface area contributed by atoms with Crippen molar-refractivity contribution in [3.05, 3.63) is 59.4 Å². The predicted octanol–water partition coefficient (Wildman–Crippen LogP) is 4.67. The number of esters is 1. The summed E-state index contributed by atoms with van der Waals surface area (Å²) in [6.45, 7) is 2.85. The van der Waals surface area contributed by atoms with Gasteiger partial charge in [-0.3, -0.25) is 14.5 Å². The maximum absolute atomic E-state index is 12.7. The second-order valence-corrected chi connectivity index (χ2v) is 9.20. The third-order valence-electron chi connectivity index (χ3n) is 5.61. The lowest BCUT2D eigenvalue weighted by atomic mass is 10.2. The molecule has 3 aromatic rings. The normalized spacial score (nSPS) is 13.2. The summed E-state index contributed by atoms with van der Waals surface area (Å²) in [5.74, 6) is 0.527. The number of benzene rings is 2. The molecule has 2 aromatic carbocycles. The molecule has 9 nitrogen and oxygen atoms in total. The number of carbonyl (C=O) groups excluding carboxylic acids is 2. The first-order valence-electron chi connectivity index (χ1n) is 11.7. The Morgan fingerprint density at radius 1 is 1.22 bits per heavy atom. The lowest BCUT2D eigenvalue weighted by molar-refractivity contribution is -0.144. The summed E-state index contributed by atoms with van der Waals surface area (Å²) in [6, 6.07) is 11.7. The number of methoxy groups -OCH3 is 1. The van der Waals surface area contributed by atoms with Crippen molar-refractivity contribution in [2.45, 2.75) is 25.8 Å². The average Bonchev–Trinajstić information content (AvgIpc) is 3.69. The molecular weight excluding hydrogens is 526 g/mol. The van der Waals surface area contributed by atoms with Crippen LogP contribution in [0.15, 0.2) is 59.4 Å². The molecule has 4 rings (SSSR count). The van der Waals surface area contributed by atoms with Gasteiger partial charge in [0.25, 0.3) is 0 Å².